The topological polar surface area (TPSA) is 50.9 Å². The molecule has 5 heteroatoms. The number of nitrogens with zero attached hydrogens (tertiary/aromatic N) is 3. The lowest BCUT2D eigenvalue weighted by Gasteiger charge is -2.28. The highest BCUT2D eigenvalue weighted by atomic mass is 79.9. The van der Waals surface area contributed by atoms with Crippen molar-refractivity contribution >= 4 is 15.9 Å². The summed E-state index contributed by atoms with van der Waals surface area (Å²) in [6.07, 6.45) is 1.58. The van der Waals surface area contributed by atoms with E-state index in [-0.39, 0.29) is 0 Å². The SMILES string of the molecule is Cn1cnnc1C(O)(c1ccccc1)c1cccc(Br)c1. The summed E-state index contributed by atoms with van der Waals surface area (Å²) in [6, 6.07) is 17.1. The Morgan fingerprint density at radius 3 is 2.38 bits per heavy atom. The molecule has 0 aliphatic carbocycles. The van der Waals surface area contributed by atoms with Gasteiger partial charge in [-0.3, -0.25) is 0 Å². The lowest BCUT2D eigenvalue weighted by atomic mass is 9.85. The molecule has 1 atom stereocenters. The molecule has 1 aromatic heterocycles. The van der Waals surface area contributed by atoms with Crippen molar-refractivity contribution in [1.29, 1.82) is 0 Å². The van der Waals surface area contributed by atoms with E-state index in [0.29, 0.717) is 5.82 Å². The first-order chi connectivity index (χ1) is 10.1. The molecule has 3 rings (SSSR count). The zero-order valence-corrected chi connectivity index (χ0v) is 13.0. The molecule has 1 heterocycles. The minimum absolute atomic E-state index is 0.479. The summed E-state index contributed by atoms with van der Waals surface area (Å²) in [5, 5.41) is 19.5. The predicted octanol–water partition coefficient (Wildman–Crippen LogP) is 2.86. The highest BCUT2D eigenvalue weighted by Gasteiger charge is 2.38. The fourth-order valence-electron chi connectivity index (χ4n) is 2.43. The first-order valence-corrected chi connectivity index (χ1v) is 7.30. The largest absolute Gasteiger partial charge is 0.373 e. The maximum atomic E-state index is 11.5. The first-order valence-electron chi connectivity index (χ1n) is 6.51. The normalized spacial score (nSPS) is 13.9. The summed E-state index contributed by atoms with van der Waals surface area (Å²) in [7, 11) is 1.82. The highest BCUT2D eigenvalue weighted by Crippen LogP contribution is 2.36. The van der Waals surface area contributed by atoms with Crippen LogP contribution in [0, 0.1) is 0 Å². The Hall–Kier alpha value is -1.98. The molecule has 0 saturated carbocycles. The van der Waals surface area contributed by atoms with Crippen molar-refractivity contribution in [3.8, 4) is 0 Å². The van der Waals surface area contributed by atoms with Gasteiger partial charge in [-0.1, -0.05) is 58.4 Å². The average Bonchev–Trinajstić information content (AvgIpc) is 2.94. The molecule has 106 valence electrons. The third-order valence-electron chi connectivity index (χ3n) is 3.47. The minimum Gasteiger partial charge on any atom is -0.373 e. The maximum absolute atomic E-state index is 11.5. The summed E-state index contributed by atoms with van der Waals surface area (Å²) in [6.45, 7) is 0. The van der Waals surface area contributed by atoms with Gasteiger partial charge in [-0.05, 0) is 23.3 Å². The van der Waals surface area contributed by atoms with Crippen molar-refractivity contribution in [2.24, 2.45) is 7.05 Å². The summed E-state index contributed by atoms with van der Waals surface area (Å²) in [4.78, 5) is 0. The molecule has 0 saturated heterocycles. The first kappa shape index (κ1) is 14.0. The Labute approximate surface area is 131 Å². The number of aromatic nitrogens is 3. The van der Waals surface area contributed by atoms with Gasteiger partial charge in [0.05, 0.1) is 0 Å². The van der Waals surface area contributed by atoms with Gasteiger partial charge in [0.1, 0.15) is 6.33 Å². The van der Waals surface area contributed by atoms with Crippen LogP contribution in [-0.4, -0.2) is 19.9 Å². The van der Waals surface area contributed by atoms with E-state index in [9.17, 15) is 5.11 Å². The Bertz CT molecular complexity index is 757. The summed E-state index contributed by atoms with van der Waals surface area (Å²) >= 11 is 3.46. The molecule has 2 aromatic carbocycles. The van der Waals surface area contributed by atoms with E-state index in [1.54, 1.807) is 10.9 Å². The molecule has 0 spiro atoms. The molecule has 0 bridgehead atoms. The van der Waals surface area contributed by atoms with Gasteiger partial charge < -0.3 is 9.67 Å². The van der Waals surface area contributed by atoms with Gasteiger partial charge in [-0.15, -0.1) is 10.2 Å². The molecule has 0 fully saturated rings. The number of rotatable bonds is 3. The highest BCUT2D eigenvalue weighted by molar-refractivity contribution is 9.10. The smallest absolute Gasteiger partial charge is 0.175 e. The van der Waals surface area contributed by atoms with Crippen LogP contribution in [-0.2, 0) is 12.6 Å². The van der Waals surface area contributed by atoms with Crippen LogP contribution < -0.4 is 0 Å². The van der Waals surface area contributed by atoms with Gasteiger partial charge in [0.25, 0.3) is 0 Å². The van der Waals surface area contributed by atoms with Crippen LogP contribution in [0.1, 0.15) is 17.0 Å². The van der Waals surface area contributed by atoms with Crippen molar-refractivity contribution in [2.45, 2.75) is 5.60 Å². The number of benzene rings is 2. The number of halogens is 1. The molecule has 0 radical (unpaired) electrons. The summed E-state index contributed by atoms with van der Waals surface area (Å²) in [5.41, 5.74) is 0.134. The van der Waals surface area contributed by atoms with Crippen molar-refractivity contribution in [1.82, 2.24) is 14.8 Å². The molecule has 3 aromatic rings. The van der Waals surface area contributed by atoms with E-state index in [4.69, 9.17) is 0 Å². The second kappa shape index (κ2) is 5.42. The fourth-order valence-corrected chi connectivity index (χ4v) is 2.83. The van der Waals surface area contributed by atoms with Gasteiger partial charge in [-0.25, -0.2) is 0 Å². The Morgan fingerprint density at radius 2 is 1.76 bits per heavy atom. The number of aryl methyl sites for hydroxylation is 1. The van der Waals surface area contributed by atoms with E-state index in [2.05, 4.69) is 26.1 Å². The zero-order valence-electron chi connectivity index (χ0n) is 11.4. The van der Waals surface area contributed by atoms with Crippen LogP contribution in [0.5, 0.6) is 0 Å². The zero-order chi connectivity index (χ0) is 14.9. The molecule has 0 aliphatic rings. The molecule has 1 N–H and O–H groups in total. The number of aliphatic hydroxyl groups is 1. The summed E-state index contributed by atoms with van der Waals surface area (Å²) < 4.78 is 2.63. The second-order valence-electron chi connectivity index (χ2n) is 4.85. The Morgan fingerprint density at radius 1 is 1.05 bits per heavy atom. The van der Waals surface area contributed by atoms with Gasteiger partial charge in [0, 0.05) is 11.5 Å². The van der Waals surface area contributed by atoms with Crippen molar-refractivity contribution in [3.63, 3.8) is 0 Å². The maximum Gasteiger partial charge on any atom is 0.175 e. The standard InChI is InChI=1S/C16H14BrN3O/c1-20-11-18-19-15(20)16(21,12-6-3-2-4-7-12)13-8-5-9-14(17)10-13/h2-11,21H,1H3. The number of hydrogen-bond donors (Lipinski definition) is 1. The quantitative estimate of drug-likeness (QED) is 0.795. The van der Waals surface area contributed by atoms with Gasteiger partial charge in [-0.2, -0.15) is 0 Å². The van der Waals surface area contributed by atoms with Crippen molar-refractivity contribution in [3.05, 3.63) is 82.3 Å². The van der Waals surface area contributed by atoms with Crippen molar-refractivity contribution in [2.75, 3.05) is 0 Å². The third-order valence-corrected chi connectivity index (χ3v) is 3.96. The summed E-state index contributed by atoms with van der Waals surface area (Å²) in [5.74, 6) is 0.479. The van der Waals surface area contributed by atoms with E-state index in [1.807, 2.05) is 61.6 Å². The molecular formula is C16H14BrN3O. The van der Waals surface area contributed by atoms with E-state index >= 15 is 0 Å². The molecule has 4 nitrogen and oxygen atoms in total. The fraction of sp³-hybridized carbons (Fsp3) is 0.125. The van der Waals surface area contributed by atoms with Crippen LogP contribution >= 0.6 is 15.9 Å². The molecule has 1 unspecified atom stereocenters. The minimum atomic E-state index is -1.35. The van der Waals surface area contributed by atoms with Crippen LogP contribution in [0.25, 0.3) is 0 Å². The van der Waals surface area contributed by atoms with Gasteiger partial charge in [0.2, 0.25) is 0 Å². The van der Waals surface area contributed by atoms with Crippen LogP contribution in [0.15, 0.2) is 65.4 Å². The van der Waals surface area contributed by atoms with E-state index in [0.717, 1.165) is 15.6 Å². The van der Waals surface area contributed by atoms with Gasteiger partial charge in [0.15, 0.2) is 11.4 Å². The van der Waals surface area contributed by atoms with Gasteiger partial charge >= 0.3 is 0 Å². The Kier molecular flexibility index (Phi) is 3.61. The lowest BCUT2D eigenvalue weighted by molar-refractivity contribution is 0.112. The van der Waals surface area contributed by atoms with E-state index in [1.165, 1.54) is 0 Å². The molecule has 0 aliphatic heterocycles. The van der Waals surface area contributed by atoms with E-state index < -0.39 is 5.60 Å². The average molecular weight is 344 g/mol. The molecule has 21 heavy (non-hydrogen) atoms. The van der Waals surface area contributed by atoms with Crippen LogP contribution in [0.2, 0.25) is 0 Å². The Balaban J connectivity index is 2.28. The van der Waals surface area contributed by atoms with Crippen LogP contribution in [0.3, 0.4) is 0 Å². The second-order valence-corrected chi connectivity index (χ2v) is 5.77. The molecule has 0 amide bonds. The van der Waals surface area contributed by atoms with Crippen LogP contribution in [0.4, 0.5) is 0 Å². The monoisotopic (exact) mass is 343 g/mol. The third kappa shape index (κ3) is 2.39. The molecular weight excluding hydrogens is 330 g/mol. The number of hydrogen-bond acceptors (Lipinski definition) is 3. The predicted molar refractivity (Wildman–Crippen MR) is 83.7 cm³/mol. The lowest BCUT2D eigenvalue weighted by Crippen LogP contribution is -2.32. The van der Waals surface area contributed by atoms with Crippen molar-refractivity contribution < 1.29 is 5.11 Å².